The van der Waals surface area contributed by atoms with Crippen LogP contribution in [-0.2, 0) is 12.0 Å². The van der Waals surface area contributed by atoms with Crippen molar-refractivity contribution in [3.8, 4) is 0 Å². The SMILES string of the molecule is CC1(c2[nH]ncc2C(N)=O)CCCN(Cc2cccnc2)C1. The molecule has 1 amide bonds. The van der Waals surface area contributed by atoms with Gasteiger partial charge in [0.1, 0.15) is 0 Å². The van der Waals surface area contributed by atoms with Crippen LogP contribution in [0.15, 0.2) is 30.7 Å². The second-order valence-corrected chi connectivity index (χ2v) is 6.26. The minimum atomic E-state index is -0.422. The van der Waals surface area contributed by atoms with Crippen LogP contribution in [0.1, 0.15) is 41.4 Å². The van der Waals surface area contributed by atoms with Crippen LogP contribution >= 0.6 is 0 Å². The Morgan fingerprint density at radius 2 is 2.36 bits per heavy atom. The van der Waals surface area contributed by atoms with Gasteiger partial charge in [0.2, 0.25) is 0 Å². The summed E-state index contributed by atoms with van der Waals surface area (Å²) < 4.78 is 0. The molecule has 0 radical (unpaired) electrons. The first-order valence-corrected chi connectivity index (χ1v) is 7.53. The van der Waals surface area contributed by atoms with Gasteiger partial charge >= 0.3 is 0 Å². The third-order valence-electron chi connectivity index (χ3n) is 4.41. The van der Waals surface area contributed by atoms with E-state index >= 15 is 0 Å². The minimum Gasteiger partial charge on any atom is -0.365 e. The lowest BCUT2D eigenvalue weighted by Gasteiger charge is -2.40. The van der Waals surface area contributed by atoms with Crippen molar-refractivity contribution in [3.63, 3.8) is 0 Å². The van der Waals surface area contributed by atoms with Gasteiger partial charge in [-0.3, -0.25) is 19.8 Å². The van der Waals surface area contributed by atoms with Gasteiger partial charge in [0.15, 0.2) is 0 Å². The fourth-order valence-corrected chi connectivity index (χ4v) is 3.37. The maximum Gasteiger partial charge on any atom is 0.252 e. The molecule has 1 aliphatic rings. The van der Waals surface area contributed by atoms with E-state index < -0.39 is 5.91 Å². The number of nitrogens with two attached hydrogens (primary N) is 1. The number of amides is 1. The molecule has 1 atom stereocenters. The minimum absolute atomic E-state index is 0.138. The monoisotopic (exact) mass is 299 g/mol. The largest absolute Gasteiger partial charge is 0.365 e. The Bertz CT molecular complexity index is 654. The number of aromatic nitrogens is 3. The van der Waals surface area contributed by atoms with Crippen molar-refractivity contribution in [2.45, 2.75) is 31.7 Å². The van der Waals surface area contributed by atoms with Gasteiger partial charge in [0, 0.05) is 30.9 Å². The standard InChI is InChI=1S/C16H21N5O/c1-16(14-13(15(17)22)9-19-20-14)5-3-7-21(11-16)10-12-4-2-6-18-8-12/h2,4,6,8-9H,3,5,7,10-11H2,1H3,(H2,17,22)(H,19,20). The highest BCUT2D eigenvalue weighted by Gasteiger charge is 2.36. The van der Waals surface area contributed by atoms with E-state index in [2.05, 4.69) is 33.1 Å². The van der Waals surface area contributed by atoms with E-state index in [1.54, 1.807) is 6.20 Å². The van der Waals surface area contributed by atoms with Gasteiger partial charge in [-0.15, -0.1) is 0 Å². The number of pyridine rings is 1. The van der Waals surface area contributed by atoms with Gasteiger partial charge in [0.25, 0.3) is 5.91 Å². The highest BCUT2D eigenvalue weighted by Crippen LogP contribution is 2.34. The average Bonchev–Trinajstić information content (AvgIpc) is 2.99. The number of likely N-dealkylation sites (tertiary alicyclic amines) is 1. The molecule has 2 aromatic heterocycles. The predicted molar refractivity (Wildman–Crippen MR) is 83.2 cm³/mol. The van der Waals surface area contributed by atoms with Crippen LogP contribution in [0, 0.1) is 0 Å². The van der Waals surface area contributed by atoms with Crippen LogP contribution in [-0.4, -0.2) is 39.1 Å². The van der Waals surface area contributed by atoms with Crippen LogP contribution in [0.5, 0.6) is 0 Å². The number of H-pyrrole nitrogens is 1. The molecule has 0 saturated carbocycles. The number of aromatic amines is 1. The fraction of sp³-hybridized carbons (Fsp3) is 0.438. The summed E-state index contributed by atoms with van der Waals surface area (Å²) in [5.41, 5.74) is 7.89. The van der Waals surface area contributed by atoms with Gasteiger partial charge < -0.3 is 5.73 Å². The molecule has 1 saturated heterocycles. The van der Waals surface area contributed by atoms with Gasteiger partial charge in [-0.25, -0.2) is 0 Å². The van der Waals surface area contributed by atoms with Crippen molar-refractivity contribution in [2.75, 3.05) is 13.1 Å². The van der Waals surface area contributed by atoms with Crippen molar-refractivity contribution in [1.29, 1.82) is 0 Å². The number of nitrogens with one attached hydrogen (secondary N) is 1. The van der Waals surface area contributed by atoms with E-state index in [0.717, 1.165) is 38.2 Å². The molecule has 0 aromatic carbocycles. The van der Waals surface area contributed by atoms with Crippen molar-refractivity contribution < 1.29 is 4.79 Å². The summed E-state index contributed by atoms with van der Waals surface area (Å²) in [4.78, 5) is 18.1. The number of primary amides is 1. The molecule has 6 nitrogen and oxygen atoms in total. The molecular formula is C16H21N5O. The molecule has 3 rings (SSSR count). The van der Waals surface area contributed by atoms with E-state index in [1.807, 2.05) is 12.3 Å². The normalized spacial score (nSPS) is 22.6. The summed E-state index contributed by atoms with van der Waals surface area (Å²) in [6, 6.07) is 4.04. The lowest BCUT2D eigenvalue weighted by molar-refractivity contribution is 0.0992. The zero-order valence-electron chi connectivity index (χ0n) is 12.7. The molecule has 2 aromatic rings. The Morgan fingerprint density at radius 1 is 1.50 bits per heavy atom. The van der Waals surface area contributed by atoms with Crippen molar-refractivity contribution >= 4 is 5.91 Å². The molecular weight excluding hydrogens is 278 g/mol. The predicted octanol–water partition coefficient (Wildman–Crippen LogP) is 1.46. The molecule has 0 bridgehead atoms. The molecule has 22 heavy (non-hydrogen) atoms. The Balaban J connectivity index is 1.79. The van der Waals surface area contributed by atoms with E-state index in [0.29, 0.717) is 5.56 Å². The second-order valence-electron chi connectivity index (χ2n) is 6.26. The Kier molecular flexibility index (Phi) is 3.94. The fourth-order valence-electron chi connectivity index (χ4n) is 3.37. The molecule has 3 N–H and O–H groups in total. The van der Waals surface area contributed by atoms with E-state index in [-0.39, 0.29) is 5.41 Å². The third kappa shape index (κ3) is 2.87. The van der Waals surface area contributed by atoms with E-state index in [1.165, 1.54) is 11.8 Å². The first kappa shape index (κ1) is 14.7. The molecule has 6 heteroatoms. The van der Waals surface area contributed by atoms with Crippen LogP contribution in [0.2, 0.25) is 0 Å². The Morgan fingerprint density at radius 3 is 3.09 bits per heavy atom. The first-order valence-electron chi connectivity index (χ1n) is 7.53. The average molecular weight is 299 g/mol. The number of nitrogens with zero attached hydrogens (tertiary/aromatic N) is 3. The van der Waals surface area contributed by atoms with Crippen molar-refractivity contribution in [1.82, 2.24) is 20.1 Å². The van der Waals surface area contributed by atoms with Gasteiger partial charge in [-0.2, -0.15) is 5.10 Å². The molecule has 1 unspecified atom stereocenters. The highest BCUT2D eigenvalue weighted by molar-refractivity contribution is 5.94. The molecule has 1 fully saturated rings. The molecule has 116 valence electrons. The zero-order chi connectivity index (χ0) is 15.6. The summed E-state index contributed by atoms with van der Waals surface area (Å²) in [6.45, 7) is 4.95. The van der Waals surface area contributed by atoms with Gasteiger partial charge in [-0.05, 0) is 31.0 Å². The zero-order valence-corrected chi connectivity index (χ0v) is 12.7. The summed E-state index contributed by atoms with van der Waals surface area (Å²) in [5, 5.41) is 7.01. The first-order chi connectivity index (χ1) is 10.6. The maximum atomic E-state index is 11.6. The number of piperidine rings is 1. The maximum absolute atomic E-state index is 11.6. The van der Waals surface area contributed by atoms with E-state index in [9.17, 15) is 4.79 Å². The number of carbonyl (C=O) groups excluding carboxylic acids is 1. The number of hydrogen-bond acceptors (Lipinski definition) is 4. The lowest BCUT2D eigenvalue weighted by Crippen LogP contribution is -2.45. The Hall–Kier alpha value is -2.21. The third-order valence-corrected chi connectivity index (χ3v) is 4.41. The van der Waals surface area contributed by atoms with E-state index in [4.69, 9.17) is 5.73 Å². The highest BCUT2D eigenvalue weighted by atomic mass is 16.1. The van der Waals surface area contributed by atoms with Crippen molar-refractivity contribution in [3.05, 3.63) is 47.5 Å². The summed E-state index contributed by atoms with van der Waals surface area (Å²) in [5.74, 6) is -0.422. The molecule has 1 aliphatic heterocycles. The van der Waals surface area contributed by atoms with Crippen molar-refractivity contribution in [2.24, 2.45) is 5.73 Å². The quantitative estimate of drug-likeness (QED) is 0.894. The summed E-state index contributed by atoms with van der Waals surface area (Å²) in [6.07, 6.45) is 7.31. The molecule has 0 spiro atoms. The molecule has 3 heterocycles. The Labute approximate surface area is 129 Å². The van der Waals surface area contributed by atoms with Crippen LogP contribution < -0.4 is 5.73 Å². The second kappa shape index (κ2) is 5.88. The van der Waals surface area contributed by atoms with Gasteiger partial charge in [-0.1, -0.05) is 13.0 Å². The summed E-state index contributed by atoms with van der Waals surface area (Å²) >= 11 is 0. The number of rotatable bonds is 4. The van der Waals surface area contributed by atoms with Crippen LogP contribution in [0.4, 0.5) is 0 Å². The smallest absolute Gasteiger partial charge is 0.252 e. The topological polar surface area (TPSA) is 87.9 Å². The summed E-state index contributed by atoms with van der Waals surface area (Å²) in [7, 11) is 0. The van der Waals surface area contributed by atoms with Crippen LogP contribution in [0.3, 0.4) is 0 Å². The molecule has 0 aliphatic carbocycles. The number of carbonyl (C=O) groups is 1. The van der Waals surface area contributed by atoms with Gasteiger partial charge in [0.05, 0.1) is 17.5 Å². The number of hydrogen-bond donors (Lipinski definition) is 2. The van der Waals surface area contributed by atoms with Crippen LogP contribution in [0.25, 0.3) is 0 Å². The lowest BCUT2D eigenvalue weighted by atomic mass is 9.77.